The number of benzene rings is 2. The molecule has 0 unspecified atom stereocenters. The van der Waals surface area contributed by atoms with E-state index in [1.54, 1.807) is 35.9 Å². The van der Waals surface area contributed by atoms with Crippen LogP contribution in [-0.4, -0.2) is 17.6 Å². The second-order valence-electron chi connectivity index (χ2n) is 6.91. The van der Waals surface area contributed by atoms with Crippen molar-refractivity contribution >= 4 is 29.2 Å². The SMILES string of the molecule is COc1ccccc1CCc1c(Cl)cc(Cl)c(=O)n1CCc1ccc(C(=O)ON)cc1. The molecule has 0 saturated heterocycles. The molecule has 162 valence electrons. The topological polar surface area (TPSA) is 83.5 Å². The lowest BCUT2D eigenvalue weighted by molar-refractivity contribution is 0.0503. The molecule has 3 aromatic rings. The van der Waals surface area contributed by atoms with Crippen molar-refractivity contribution in [3.8, 4) is 5.75 Å². The van der Waals surface area contributed by atoms with E-state index < -0.39 is 5.97 Å². The first-order valence-corrected chi connectivity index (χ1v) is 10.4. The van der Waals surface area contributed by atoms with Gasteiger partial charge < -0.3 is 14.1 Å². The van der Waals surface area contributed by atoms with E-state index in [0.29, 0.717) is 42.1 Å². The summed E-state index contributed by atoms with van der Waals surface area (Å²) in [5, 5.41) is 0.521. The minimum Gasteiger partial charge on any atom is -0.496 e. The van der Waals surface area contributed by atoms with E-state index in [1.807, 2.05) is 24.3 Å². The molecule has 8 heteroatoms. The van der Waals surface area contributed by atoms with Crippen molar-refractivity contribution in [2.45, 2.75) is 25.8 Å². The second kappa shape index (κ2) is 10.5. The number of carbonyl (C=O) groups excluding carboxylic acids is 1. The summed E-state index contributed by atoms with van der Waals surface area (Å²) in [6.45, 7) is 0.390. The Kier molecular flexibility index (Phi) is 7.74. The molecule has 0 atom stereocenters. The molecule has 0 bridgehead atoms. The van der Waals surface area contributed by atoms with Gasteiger partial charge in [0.05, 0.1) is 17.7 Å². The number of aromatic nitrogens is 1. The number of hydrogen-bond donors (Lipinski definition) is 1. The summed E-state index contributed by atoms with van der Waals surface area (Å²) in [7, 11) is 1.63. The molecule has 3 rings (SSSR count). The molecular formula is C23H22Cl2N2O4. The highest BCUT2D eigenvalue weighted by Gasteiger charge is 2.14. The maximum Gasteiger partial charge on any atom is 0.356 e. The fourth-order valence-corrected chi connectivity index (χ4v) is 3.98. The molecule has 1 aromatic heterocycles. The van der Waals surface area contributed by atoms with Crippen LogP contribution in [0.1, 0.15) is 27.2 Å². The second-order valence-corrected chi connectivity index (χ2v) is 7.72. The zero-order chi connectivity index (χ0) is 22.4. The van der Waals surface area contributed by atoms with Gasteiger partial charge in [0.1, 0.15) is 10.8 Å². The predicted octanol–water partition coefficient (Wildman–Crippen LogP) is 4.22. The van der Waals surface area contributed by atoms with Crippen molar-refractivity contribution < 1.29 is 14.4 Å². The molecule has 0 aliphatic carbocycles. The maximum atomic E-state index is 12.8. The fraction of sp³-hybridized carbons (Fsp3) is 0.217. The molecular weight excluding hydrogens is 439 g/mol. The summed E-state index contributed by atoms with van der Waals surface area (Å²) in [4.78, 5) is 28.4. The number of carbonyl (C=O) groups is 1. The number of nitrogens with two attached hydrogens (primary N) is 1. The molecule has 0 spiro atoms. The van der Waals surface area contributed by atoms with Crippen molar-refractivity contribution in [3.63, 3.8) is 0 Å². The summed E-state index contributed by atoms with van der Waals surface area (Å²) in [5.41, 5.74) is 2.74. The molecule has 0 aliphatic rings. The molecule has 0 saturated carbocycles. The average molecular weight is 461 g/mol. The zero-order valence-electron chi connectivity index (χ0n) is 16.9. The van der Waals surface area contributed by atoms with Crippen LogP contribution in [-0.2, 0) is 30.6 Å². The smallest absolute Gasteiger partial charge is 0.356 e. The van der Waals surface area contributed by atoms with E-state index in [-0.39, 0.29) is 10.6 Å². The zero-order valence-corrected chi connectivity index (χ0v) is 18.4. The van der Waals surface area contributed by atoms with Gasteiger partial charge in [-0.15, -0.1) is 0 Å². The van der Waals surface area contributed by atoms with Crippen LogP contribution < -0.4 is 16.2 Å². The van der Waals surface area contributed by atoms with Gasteiger partial charge in [-0.05, 0) is 54.7 Å². The summed E-state index contributed by atoms with van der Waals surface area (Å²) in [6, 6.07) is 16.1. The highest BCUT2D eigenvalue weighted by molar-refractivity contribution is 6.34. The Morgan fingerprint density at radius 2 is 1.71 bits per heavy atom. The van der Waals surface area contributed by atoms with Crippen LogP contribution in [0.25, 0.3) is 0 Å². The van der Waals surface area contributed by atoms with Crippen molar-refractivity contribution in [1.82, 2.24) is 4.57 Å². The standard InChI is InChI=1S/C23H22Cl2N2O4/c1-30-21-5-3-2-4-16(21)10-11-20-18(24)14-19(25)22(28)27(20)13-12-15-6-8-17(9-7-15)23(29)31-26/h2-9,14H,10-13,26H2,1H3. The van der Waals surface area contributed by atoms with Crippen molar-refractivity contribution in [1.29, 1.82) is 0 Å². The van der Waals surface area contributed by atoms with Crippen molar-refractivity contribution in [2.75, 3.05) is 7.11 Å². The Morgan fingerprint density at radius 1 is 1.00 bits per heavy atom. The number of halogens is 2. The Bertz CT molecular complexity index is 1130. The summed E-state index contributed by atoms with van der Waals surface area (Å²) in [6.07, 6.45) is 1.75. The van der Waals surface area contributed by atoms with Gasteiger partial charge in [-0.1, -0.05) is 53.5 Å². The van der Waals surface area contributed by atoms with Crippen LogP contribution in [0.4, 0.5) is 0 Å². The van der Waals surface area contributed by atoms with Gasteiger partial charge in [0.25, 0.3) is 5.56 Å². The van der Waals surface area contributed by atoms with E-state index >= 15 is 0 Å². The third kappa shape index (κ3) is 5.47. The van der Waals surface area contributed by atoms with Gasteiger partial charge in [0.15, 0.2) is 0 Å². The van der Waals surface area contributed by atoms with Gasteiger partial charge in [0, 0.05) is 12.2 Å². The lowest BCUT2D eigenvalue weighted by Gasteiger charge is -2.16. The number of rotatable bonds is 8. The van der Waals surface area contributed by atoms with Crippen molar-refractivity contribution in [3.05, 3.63) is 97.4 Å². The summed E-state index contributed by atoms with van der Waals surface area (Å²) in [5.74, 6) is 5.09. The number of para-hydroxylation sites is 1. The molecule has 0 amide bonds. The number of pyridine rings is 1. The normalized spacial score (nSPS) is 10.7. The van der Waals surface area contributed by atoms with Crippen LogP contribution >= 0.6 is 23.2 Å². The molecule has 31 heavy (non-hydrogen) atoms. The first-order chi connectivity index (χ1) is 14.9. The molecule has 1 heterocycles. The van der Waals surface area contributed by atoms with E-state index in [4.69, 9.17) is 33.8 Å². The summed E-state index contributed by atoms with van der Waals surface area (Å²) >= 11 is 12.6. The van der Waals surface area contributed by atoms with Gasteiger partial charge in [-0.3, -0.25) is 4.79 Å². The molecule has 2 N–H and O–H groups in total. The Morgan fingerprint density at radius 3 is 2.39 bits per heavy atom. The largest absolute Gasteiger partial charge is 0.496 e. The Hall–Kier alpha value is -2.80. The summed E-state index contributed by atoms with van der Waals surface area (Å²) < 4.78 is 7.03. The van der Waals surface area contributed by atoms with Crippen LogP contribution in [0.3, 0.4) is 0 Å². The molecule has 0 radical (unpaired) electrons. The van der Waals surface area contributed by atoms with E-state index in [2.05, 4.69) is 4.84 Å². The fourth-order valence-electron chi connectivity index (χ4n) is 3.41. The number of aryl methyl sites for hydroxylation is 2. The Balaban J connectivity index is 1.82. The number of nitrogens with zero attached hydrogens (tertiary/aromatic N) is 1. The Labute approximate surface area is 190 Å². The maximum absolute atomic E-state index is 12.8. The first kappa shape index (κ1) is 22.9. The highest BCUT2D eigenvalue weighted by Crippen LogP contribution is 2.24. The molecule has 0 aliphatic heterocycles. The minimum atomic E-state index is -0.608. The number of ether oxygens (including phenoxy) is 1. The van der Waals surface area contributed by atoms with E-state index in [9.17, 15) is 9.59 Å². The predicted molar refractivity (Wildman–Crippen MR) is 121 cm³/mol. The molecule has 2 aromatic carbocycles. The van der Waals surface area contributed by atoms with Crippen LogP contribution in [0.2, 0.25) is 10.0 Å². The van der Waals surface area contributed by atoms with Gasteiger partial charge in [-0.25, -0.2) is 4.79 Å². The van der Waals surface area contributed by atoms with Gasteiger partial charge in [0.2, 0.25) is 0 Å². The first-order valence-electron chi connectivity index (χ1n) is 9.64. The third-order valence-electron chi connectivity index (χ3n) is 5.05. The van der Waals surface area contributed by atoms with Crippen molar-refractivity contribution in [2.24, 2.45) is 5.90 Å². The van der Waals surface area contributed by atoms with Crippen LogP contribution in [0.5, 0.6) is 5.75 Å². The number of hydrogen-bond acceptors (Lipinski definition) is 5. The highest BCUT2D eigenvalue weighted by atomic mass is 35.5. The average Bonchev–Trinajstić information content (AvgIpc) is 2.79. The quantitative estimate of drug-likeness (QED) is 0.508. The van der Waals surface area contributed by atoms with Crippen LogP contribution in [0.15, 0.2) is 59.4 Å². The minimum absolute atomic E-state index is 0.0760. The lowest BCUT2D eigenvalue weighted by Crippen LogP contribution is -2.25. The van der Waals surface area contributed by atoms with E-state index in [1.165, 1.54) is 6.07 Å². The van der Waals surface area contributed by atoms with Crippen LogP contribution in [0, 0.1) is 0 Å². The molecule has 0 fully saturated rings. The van der Waals surface area contributed by atoms with Gasteiger partial charge in [-0.2, -0.15) is 5.90 Å². The van der Waals surface area contributed by atoms with Gasteiger partial charge >= 0.3 is 5.97 Å². The monoisotopic (exact) mass is 460 g/mol. The number of methoxy groups -OCH3 is 1. The third-order valence-corrected chi connectivity index (χ3v) is 5.65. The lowest BCUT2D eigenvalue weighted by atomic mass is 10.1. The molecule has 6 nitrogen and oxygen atoms in total. The van der Waals surface area contributed by atoms with E-state index in [0.717, 1.165) is 16.9 Å².